The lowest BCUT2D eigenvalue weighted by Gasteiger charge is -2.41. The SMILES string of the molecule is CC(C)=CCCC1=CC[C@H]([C@@H]2N=c3ccccc3=C3C(=O)NC(SCc4ccc(C)cc4)=NN32)[C@H](C)C1. The van der Waals surface area contributed by atoms with E-state index in [1.807, 2.05) is 29.3 Å². The van der Waals surface area contributed by atoms with E-state index < -0.39 is 0 Å². The second-order valence-electron chi connectivity index (χ2n) is 10.7. The first-order chi connectivity index (χ1) is 17.9. The molecule has 192 valence electrons. The predicted molar refractivity (Wildman–Crippen MR) is 153 cm³/mol. The Kier molecular flexibility index (Phi) is 7.65. The summed E-state index contributed by atoms with van der Waals surface area (Å²) in [5.74, 6) is 1.39. The maximum absolute atomic E-state index is 13.4. The number of hydrogen-bond donors (Lipinski definition) is 1. The molecule has 2 heterocycles. The summed E-state index contributed by atoms with van der Waals surface area (Å²) in [6, 6.07) is 16.4. The first kappa shape index (κ1) is 25.5. The average molecular weight is 513 g/mol. The molecule has 1 aliphatic carbocycles. The lowest BCUT2D eigenvalue weighted by atomic mass is 9.77. The van der Waals surface area contributed by atoms with Crippen LogP contribution in [-0.2, 0) is 10.5 Å². The zero-order valence-corrected chi connectivity index (χ0v) is 23.0. The Morgan fingerprint density at radius 1 is 1.16 bits per heavy atom. The van der Waals surface area contributed by atoms with Crippen LogP contribution in [0.4, 0.5) is 0 Å². The number of amidine groups is 1. The van der Waals surface area contributed by atoms with Crippen LogP contribution in [0.1, 0.15) is 57.6 Å². The van der Waals surface area contributed by atoms with Crippen LogP contribution in [0, 0.1) is 18.8 Å². The van der Waals surface area contributed by atoms with Gasteiger partial charge in [0.2, 0.25) is 0 Å². The minimum atomic E-state index is -0.198. The fraction of sp³-hybridized carbons (Fsp3) is 0.387. The molecule has 0 unspecified atom stereocenters. The molecule has 1 N–H and O–H groups in total. The van der Waals surface area contributed by atoms with Crippen molar-refractivity contribution >= 4 is 28.5 Å². The van der Waals surface area contributed by atoms with Crippen molar-refractivity contribution in [2.45, 2.75) is 65.3 Å². The van der Waals surface area contributed by atoms with Crippen molar-refractivity contribution in [2.75, 3.05) is 0 Å². The van der Waals surface area contributed by atoms with Gasteiger partial charge in [0.05, 0.1) is 5.36 Å². The molecule has 0 saturated heterocycles. The number of hydrazone groups is 1. The van der Waals surface area contributed by atoms with E-state index in [0.717, 1.165) is 42.0 Å². The molecule has 3 atom stereocenters. The van der Waals surface area contributed by atoms with Crippen LogP contribution in [0.3, 0.4) is 0 Å². The Morgan fingerprint density at radius 2 is 1.95 bits per heavy atom. The molecule has 0 radical (unpaired) electrons. The third kappa shape index (κ3) is 5.74. The van der Waals surface area contributed by atoms with Gasteiger partial charge in [-0.15, -0.1) is 5.10 Å². The molecule has 0 fully saturated rings. The van der Waals surface area contributed by atoms with E-state index in [0.29, 0.717) is 16.8 Å². The summed E-state index contributed by atoms with van der Waals surface area (Å²) in [7, 11) is 0. The van der Waals surface area contributed by atoms with Crippen LogP contribution in [0.5, 0.6) is 0 Å². The second kappa shape index (κ2) is 11.1. The fourth-order valence-electron chi connectivity index (χ4n) is 5.38. The van der Waals surface area contributed by atoms with Crippen LogP contribution < -0.4 is 15.9 Å². The molecule has 5 rings (SSSR count). The van der Waals surface area contributed by atoms with Crippen molar-refractivity contribution in [3.05, 3.63) is 93.5 Å². The Labute approximate surface area is 224 Å². The highest BCUT2D eigenvalue weighted by Gasteiger charge is 2.40. The third-order valence-electron chi connectivity index (χ3n) is 7.44. The summed E-state index contributed by atoms with van der Waals surface area (Å²) in [6.45, 7) is 8.74. The van der Waals surface area contributed by atoms with E-state index in [2.05, 4.69) is 69.4 Å². The minimum absolute atomic E-state index is 0.102. The molecular formula is C31H36N4OS. The molecule has 6 heteroatoms. The normalized spacial score (nSPS) is 22.7. The van der Waals surface area contributed by atoms with Gasteiger partial charge in [0, 0.05) is 16.9 Å². The number of amides is 1. The summed E-state index contributed by atoms with van der Waals surface area (Å²) < 4.78 is 0. The molecule has 0 aromatic heterocycles. The fourth-order valence-corrected chi connectivity index (χ4v) is 6.19. The summed E-state index contributed by atoms with van der Waals surface area (Å²) in [4.78, 5) is 18.6. The number of thioether (sulfide) groups is 1. The van der Waals surface area contributed by atoms with Gasteiger partial charge < -0.3 is 0 Å². The van der Waals surface area contributed by atoms with Crippen LogP contribution in [0.15, 0.2) is 81.9 Å². The molecule has 0 saturated carbocycles. The number of para-hydroxylation sites is 1. The lowest BCUT2D eigenvalue weighted by Crippen LogP contribution is -2.55. The molecule has 3 aliphatic rings. The molecule has 1 amide bonds. The van der Waals surface area contributed by atoms with Crippen molar-refractivity contribution in [1.82, 2.24) is 10.3 Å². The summed E-state index contributed by atoms with van der Waals surface area (Å²) in [6.07, 6.45) is 8.79. The number of nitrogens with one attached hydrogen (secondary N) is 1. The summed E-state index contributed by atoms with van der Waals surface area (Å²) in [5, 5.41) is 12.3. The van der Waals surface area contributed by atoms with Gasteiger partial charge in [-0.2, -0.15) is 0 Å². The standard InChI is InChI=1S/C31H36N4OS/c1-20(2)8-7-9-23-16-17-25(22(4)18-23)29-32-27-11-6-5-10-26(27)28-30(36)33-31(34-35(28)29)37-19-24-14-12-21(3)13-15-24/h5-6,8,10-16,22,25,29H,7,9,17-19H2,1-4H3,(H,33,34,36)/t22-,25+,29-/m1/s1. The molecule has 0 bridgehead atoms. The van der Waals surface area contributed by atoms with Gasteiger partial charge >= 0.3 is 0 Å². The highest BCUT2D eigenvalue weighted by atomic mass is 32.2. The number of hydrogen-bond acceptors (Lipinski definition) is 5. The predicted octanol–water partition coefficient (Wildman–Crippen LogP) is 5.42. The van der Waals surface area contributed by atoms with Gasteiger partial charge in [-0.25, -0.2) is 5.01 Å². The molecular weight excluding hydrogens is 476 g/mol. The van der Waals surface area contributed by atoms with Crippen molar-refractivity contribution in [1.29, 1.82) is 0 Å². The van der Waals surface area contributed by atoms with Gasteiger partial charge in [0.25, 0.3) is 5.91 Å². The second-order valence-corrected chi connectivity index (χ2v) is 11.6. The topological polar surface area (TPSA) is 57.1 Å². The average Bonchev–Trinajstić information content (AvgIpc) is 2.88. The van der Waals surface area contributed by atoms with E-state index in [-0.39, 0.29) is 18.0 Å². The van der Waals surface area contributed by atoms with E-state index in [4.69, 9.17) is 10.1 Å². The minimum Gasteiger partial charge on any atom is -0.298 e. The lowest BCUT2D eigenvalue weighted by molar-refractivity contribution is -0.116. The van der Waals surface area contributed by atoms with Gasteiger partial charge in [0.1, 0.15) is 11.9 Å². The van der Waals surface area contributed by atoms with Crippen LogP contribution in [-0.4, -0.2) is 22.2 Å². The number of rotatable bonds is 6. The number of allylic oxidation sites excluding steroid dienone is 4. The van der Waals surface area contributed by atoms with Crippen molar-refractivity contribution in [3.8, 4) is 0 Å². The van der Waals surface area contributed by atoms with Crippen LogP contribution >= 0.6 is 11.8 Å². The van der Waals surface area contributed by atoms with E-state index in [9.17, 15) is 4.79 Å². The molecule has 2 aromatic rings. The number of carbonyl (C=O) groups excluding carboxylic acids is 1. The zero-order chi connectivity index (χ0) is 25.9. The number of nitrogens with zero attached hydrogens (tertiary/aromatic N) is 3. The van der Waals surface area contributed by atoms with Gasteiger partial charge in [-0.1, -0.05) is 90.0 Å². The molecule has 2 aromatic carbocycles. The highest BCUT2D eigenvalue weighted by Crippen LogP contribution is 2.38. The summed E-state index contributed by atoms with van der Waals surface area (Å²) >= 11 is 1.56. The number of carbonyl (C=O) groups is 1. The highest BCUT2D eigenvalue weighted by molar-refractivity contribution is 8.13. The number of fused-ring (bicyclic) bond motifs is 2. The zero-order valence-electron chi connectivity index (χ0n) is 22.2. The Bertz CT molecular complexity index is 1390. The first-order valence-electron chi connectivity index (χ1n) is 13.2. The Balaban J connectivity index is 1.43. The van der Waals surface area contributed by atoms with Crippen molar-refractivity contribution in [2.24, 2.45) is 21.9 Å². The smallest absolute Gasteiger partial charge is 0.276 e. The third-order valence-corrected chi connectivity index (χ3v) is 8.37. The van der Waals surface area contributed by atoms with Crippen LogP contribution in [0.2, 0.25) is 0 Å². The first-order valence-corrected chi connectivity index (χ1v) is 14.2. The maximum atomic E-state index is 13.4. The van der Waals surface area contributed by atoms with E-state index >= 15 is 0 Å². The maximum Gasteiger partial charge on any atom is 0.276 e. The van der Waals surface area contributed by atoms with E-state index in [1.54, 1.807) is 11.8 Å². The Morgan fingerprint density at radius 3 is 2.70 bits per heavy atom. The van der Waals surface area contributed by atoms with Crippen molar-refractivity contribution < 1.29 is 4.79 Å². The van der Waals surface area contributed by atoms with Gasteiger partial charge in [0.15, 0.2) is 5.17 Å². The van der Waals surface area contributed by atoms with Crippen LogP contribution in [0.25, 0.3) is 5.70 Å². The van der Waals surface area contributed by atoms with Gasteiger partial charge in [-0.05, 0) is 64.0 Å². The molecule has 5 nitrogen and oxygen atoms in total. The number of aryl methyl sites for hydroxylation is 1. The number of benzene rings is 2. The largest absolute Gasteiger partial charge is 0.298 e. The van der Waals surface area contributed by atoms with E-state index in [1.165, 1.54) is 22.3 Å². The quantitative estimate of drug-likeness (QED) is 0.526. The monoisotopic (exact) mass is 512 g/mol. The van der Waals surface area contributed by atoms with Gasteiger partial charge in [-0.3, -0.25) is 15.1 Å². The molecule has 0 spiro atoms. The van der Waals surface area contributed by atoms with Crippen molar-refractivity contribution in [3.63, 3.8) is 0 Å². The summed E-state index contributed by atoms with van der Waals surface area (Å²) in [5.41, 5.74) is 5.97. The Hall–Kier alpha value is -3.12. The molecule has 37 heavy (non-hydrogen) atoms. The molecule has 2 aliphatic heterocycles.